The first-order valence-electron chi connectivity index (χ1n) is 50.4. The summed E-state index contributed by atoms with van der Waals surface area (Å²) in [7, 11) is 4.68. The molecule has 0 aliphatic carbocycles. The molecule has 0 spiro atoms. The maximum atomic E-state index is 9.56. The lowest BCUT2D eigenvalue weighted by Gasteiger charge is -2.25. The van der Waals surface area contributed by atoms with E-state index in [0.717, 1.165) is 122 Å². The molecule has 14 atom stereocenters. The average molecular weight is 1850 g/mol. The van der Waals surface area contributed by atoms with E-state index in [4.69, 9.17) is 52.5 Å². The molecule has 128 heavy (non-hydrogen) atoms. The minimum atomic E-state index is -0.769. The topological polar surface area (TPSA) is 295 Å². The van der Waals surface area contributed by atoms with Crippen LogP contribution in [-0.2, 0) is 47.4 Å². The van der Waals surface area contributed by atoms with Gasteiger partial charge in [-0.05, 0) is 221 Å². The van der Waals surface area contributed by atoms with Crippen LogP contribution in [0.3, 0.4) is 0 Å². The van der Waals surface area contributed by atoms with E-state index < -0.39 is 43.1 Å². The molecule has 2 heterocycles. The zero-order valence-electron chi connectivity index (χ0n) is 94.1. The van der Waals surface area contributed by atoms with Crippen LogP contribution < -0.4 is 0 Å². The Kier molecular flexibility index (Phi) is 88.4. The van der Waals surface area contributed by atoms with Gasteiger partial charge in [0.1, 0.15) is 12.2 Å². The van der Waals surface area contributed by atoms with Crippen molar-refractivity contribution in [1.29, 1.82) is 0 Å². The van der Waals surface area contributed by atoms with Gasteiger partial charge in [0.15, 0.2) is 5.79 Å². The molecule has 0 amide bonds. The van der Waals surface area contributed by atoms with Gasteiger partial charge in [0.25, 0.3) is 6.48 Å². The molecular weight excluding hydrogens is 1620 g/mol. The molecule has 0 aromatic heterocycles. The Balaban J connectivity index is -0.000000175. The van der Waals surface area contributed by atoms with Gasteiger partial charge >= 0.3 is 0 Å². The number of ether oxygens (including phenoxy) is 10. The lowest BCUT2D eigenvalue weighted by Crippen LogP contribution is -2.33. The van der Waals surface area contributed by atoms with Gasteiger partial charge in [0.05, 0.1) is 107 Å². The lowest BCUT2D eigenvalue weighted by atomic mass is 9.84. The van der Waals surface area contributed by atoms with Crippen LogP contribution >= 0.6 is 0 Å². The van der Waals surface area contributed by atoms with E-state index in [-0.39, 0.29) is 71.2 Å². The number of hydrogen-bond acceptors (Lipinski definition) is 20. The zero-order valence-corrected chi connectivity index (χ0v) is 94.1. The van der Waals surface area contributed by atoms with Crippen molar-refractivity contribution in [3.05, 3.63) is 0 Å². The average Bonchev–Trinajstić information content (AvgIpc) is 1.71. The molecule has 0 bridgehead atoms. The van der Waals surface area contributed by atoms with Gasteiger partial charge in [-0.2, -0.15) is 0 Å². The van der Waals surface area contributed by atoms with Crippen molar-refractivity contribution in [2.24, 2.45) is 65.5 Å². The third kappa shape index (κ3) is 123. The molecule has 2 aliphatic heterocycles. The van der Waals surface area contributed by atoms with Crippen molar-refractivity contribution in [3.63, 3.8) is 0 Å². The van der Waals surface area contributed by atoms with E-state index in [9.17, 15) is 46.0 Å². The van der Waals surface area contributed by atoms with Gasteiger partial charge in [-0.25, -0.2) is 0 Å². The predicted molar refractivity (Wildman–Crippen MR) is 546 cm³/mol. The third-order valence-corrected chi connectivity index (χ3v) is 20.3. The van der Waals surface area contributed by atoms with Crippen LogP contribution in [-0.4, -0.2) is 224 Å². The van der Waals surface area contributed by atoms with Gasteiger partial charge < -0.3 is 98.4 Å². The fraction of sp³-hybridized carbons (Fsp3) is 1.00. The van der Waals surface area contributed by atoms with Crippen LogP contribution in [0, 0.1) is 65.5 Å². The van der Waals surface area contributed by atoms with E-state index in [1.807, 2.05) is 90.0 Å². The van der Waals surface area contributed by atoms with Crippen LogP contribution in [0.1, 0.15) is 465 Å². The number of rotatable bonds is 42. The van der Waals surface area contributed by atoms with Gasteiger partial charge in [-0.15, -0.1) is 0 Å². The van der Waals surface area contributed by atoms with E-state index in [2.05, 4.69) is 208 Å². The molecule has 0 aromatic carbocycles. The number of aliphatic hydroxyl groups is 10. The highest BCUT2D eigenvalue weighted by Gasteiger charge is 2.38. The normalized spacial score (nSPS) is 18.6. The fourth-order valence-electron chi connectivity index (χ4n) is 12.4. The summed E-state index contributed by atoms with van der Waals surface area (Å²) in [5.41, 5.74) is 3.46. The van der Waals surface area contributed by atoms with Crippen molar-refractivity contribution in [1.82, 2.24) is 0 Å². The standard InChI is InChI=1S/C12H24O3.C12H24O2.C11H24O3.C11H24O2.C10H22O.2C9H20O3.3C9H20O.C7H16/c1-6-9-10(8-12(3,4)5)15-11(14-9)13-7-2;1-11(2,3)8-6-7-10-9-13-12(4,5)14-10;1-11(2,3)5-6-13-9-10-14-8-7-12-4;1-5-6-9(12)10(13)7-8-11(2,3)4;1-5-9(11)7-6-8-10(2,3)4;2*1-9(2,3)5-7(10)8(11)6-12-4;1-5-8(7-10)6-9(2,3)4;2*1-5-8(10)6-7-9(2,3)4;1-5-6-7(2,3)4/h9-11H,6-8H2,1-5H3;10H,6-9H2,1-5H3;5-10H2,1-4H3;9-10,12-13H,5-8H2,1-4H3;9,11H,5-8H2,1-4H3;2*7-8,10-11H,5-6H2,1-4H3;3*8,10H,5-7H2,1-4H3;5-6H2,1-4H3/t9-,10-,11?;10-;;;9-;2*7-,8-;;2*8-;/m10..110.10./s1. The van der Waals surface area contributed by atoms with Crippen molar-refractivity contribution in [3.8, 4) is 0 Å². The highest BCUT2D eigenvalue weighted by Crippen LogP contribution is 2.34. The molecular formula is C108H234O20. The maximum absolute atomic E-state index is 9.56. The number of aliphatic hydroxyl groups excluding tert-OH is 10. The Bertz CT molecular complexity index is 2260. The molecule has 4 unspecified atom stereocenters. The van der Waals surface area contributed by atoms with Crippen LogP contribution in [0.4, 0.5) is 0 Å². The Morgan fingerprint density at radius 2 is 0.703 bits per heavy atom. The maximum Gasteiger partial charge on any atom is 0.272 e. The Morgan fingerprint density at radius 3 is 0.992 bits per heavy atom. The summed E-state index contributed by atoms with van der Waals surface area (Å²) < 4.78 is 53.0. The third-order valence-electron chi connectivity index (χ3n) is 20.3. The monoisotopic (exact) mass is 1850 g/mol. The van der Waals surface area contributed by atoms with Crippen LogP contribution in [0.5, 0.6) is 0 Å². The number of methoxy groups -OCH3 is 3. The molecule has 0 saturated carbocycles. The summed E-state index contributed by atoms with van der Waals surface area (Å²) in [5, 5.41) is 93.1. The highest BCUT2D eigenvalue weighted by atomic mass is 16.9. The predicted octanol–water partition coefficient (Wildman–Crippen LogP) is 25.7. The lowest BCUT2D eigenvalue weighted by molar-refractivity contribution is -0.241. The Labute approximate surface area is 797 Å². The zero-order chi connectivity index (χ0) is 103. The van der Waals surface area contributed by atoms with E-state index in [1.54, 1.807) is 7.11 Å². The summed E-state index contributed by atoms with van der Waals surface area (Å²) in [6, 6.07) is 0. The van der Waals surface area contributed by atoms with Gasteiger partial charge in [-0.1, -0.05) is 309 Å². The number of hydrogen-bond donors (Lipinski definition) is 10. The first-order valence-corrected chi connectivity index (χ1v) is 50.4. The molecule has 2 fully saturated rings. The summed E-state index contributed by atoms with van der Waals surface area (Å²) in [4.78, 5) is 0. The highest BCUT2D eigenvalue weighted by molar-refractivity contribution is 4.81. The van der Waals surface area contributed by atoms with Gasteiger partial charge in [-0.3, -0.25) is 0 Å². The molecule has 2 aliphatic rings. The molecule has 2 saturated heterocycles. The molecule has 20 heteroatoms. The van der Waals surface area contributed by atoms with Crippen molar-refractivity contribution in [2.75, 3.05) is 87.4 Å². The Hall–Kier alpha value is -0.800. The second-order valence-electron chi connectivity index (χ2n) is 49.8. The summed E-state index contributed by atoms with van der Waals surface area (Å²) in [6.07, 6.45) is 22.5. The second-order valence-corrected chi connectivity index (χ2v) is 49.8. The fourth-order valence-corrected chi connectivity index (χ4v) is 12.4. The summed E-state index contributed by atoms with van der Waals surface area (Å²) in [6.45, 7) is 97.7. The summed E-state index contributed by atoms with van der Waals surface area (Å²) in [5.74, 6) is 0.145. The SMILES string of the molecule is CC(C)(C)CCC[C@H]1COC(C)(C)O1.CCC(CO)CC(C)(C)C.CCCC(C)(C)C.CCCC(O)C(O)CCC(C)(C)C.CCOC1O[C@H](CC)[C@@H](CC(C)(C)C)O1.CC[C@@H](O)CCC(C)(C)C.CC[C@@H](O)CCCC(C)(C)C.CC[C@H](O)CCC(C)(C)C.COCCOCCOCCC(C)(C)C.COC[C@@H](O)[C@H](O)CC(C)(C)C.COC[C@H](O)[C@@H](O)CC(C)(C)C. The van der Waals surface area contributed by atoms with Crippen molar-refractivity contribution >= 4 is 0 Å². The minimum absolute atomic E-state index is 0.0359. The van der Waals surface area contributed by atoms with Crippen LogP contribution in [0.25, 0.3) is 0 Å². The molecule has 786 valence electrons. The molecule has 0 radical (unpaired) electrons. The van der Waals surface area contributed by atoms with Gasteiger partial charge in [0, 0.05) is 41.2 Å². The summed E-state index contributed by atoms with van der Waals surface area (Å²) >= 11 is 0. The van der Waals surface area contributed by atoms with E-state index in [1.165, 1.54) is 46.3 Å². The van der Waals surface area contributed by atoms with Crippen LogP contribution in [0.2, 0.25) is 0 Å². The van der Waals surface area contributed by atoms with Crippen molar-refractivity contribution in [2.45, 2.75) is 550 Å². The quantitative estimate of drug-likeness (QED) is 0.0254. The largest absolute Gasteiger partial charge is 0.396 e. The van der Waals surface area contributed by atoms with E-state index in [0.29, 0.717) is 115 Å². The second kappa shape index (κ2) is 78.1. The first-order chi connectivity index (χ1) is 57.8. The molecule has 10 N–H and O–H groups in total. The Morgan fingerprint density at radius 1 is 0.344 bits per heavy atom. The minimum Gasteiger partial charge on any atom is -0.396 e. The van der Waals surface area contributed by atoms with E-state index >= 15 is 0 Å². The molecule has 20 nitrogen and oxygen atoms in total. The smallest absolute Gasteiger partial charge is 0.272 e. The van der Waals surface area contributed by atoms with Crippen molar-refractivity contribution < 1.29 is 98.4 Å². The molecule has 0 aromatic rings. The molecule has 2 rings (SSSR count). The first kappa shape index (κ1) is 145. The van der Waals surface area contributed by atoms with Crippen LogP contribution in [0.15, 0.2) is 0 Å². The van der Waals surface area contributed by atoms with Gasteiger partial charge in [0.2, 0.25) is 0 Å².